The highest BCUT2D eigenvalue weighted by Gasteiger charge is 2.24. The van der Waals surface area contributed by atoms with Gasteiger partial charge in [-0.1, -0.05) is 48.3 Å². The second-order valence-corrected chi connectivity index (χ2v) is 9.70. The fourth-order valence-electron chi connectivity index (χ4n) is 3.32. The van der Waals surface area contributed by atoms with Gasteiger partial charge in [0.2, 0.25) is 0 Å². The van der Waals surface area contributed by atoms with Gasteiger partial charge in [-0.25, -0.2) is 4.98 Å². The van der Waals surface area contributed by atoms with Crippen molar-refractivity contribution in [2.24, 2.45) is 0 Å². The number of carbonyl (C=O) groups excluding carboxylic acids is 1. The van der Waals surface area contributed by atoms with E-state index in [2.05, 4.69) is 4.98 Å². The van der Waals surface area contributed by atoms with Crippen LogP contribution in [0.1, 0.15) is 46.7 Å². The first-order valence-electron chi connectivity index (χ1n) is 10.7. The third-order valence-electron chi connectivity index (χ3n) is 5.18. The highest BCUT2D eigenvalue weighted by Crippen LogP contribution is 2.29. The predicted octanol–water partition coefficient (Wildman–Crippen LogP) is 6.37. The van der Waals surface area contributed by atoms with Crippen molar-refractivity contribution in [3.05, 3.63) is 79.7 Å². The summed E-state index contributed by atoms with van der Waals surface area (Å²) in [4.78, 5) is 28.8. The summed E-state index contributed by atoms with van der Waals surface area (Å²) in [6, 6.07) is 12.5. The highest BCUT2D eigenvalue weighted by molar-refractivity contribution is 7.11. The zero-order valence-electron chi connectivity index (χ0n) is 18.5. The van der Waals surface area contributed by atoms with E-state index >= 15 is 0 Å². The fraction of sp³-hybridized carbons (Fsp3) is 0.280. The van der Waals surface area contributed by atoms with Crippen LogP contribution in [0.25, 0.3) is 0 Å². The minimum absolute atomic E-state index is 0.0131. The van der Waals surface area contributed by atoms with Gasteiger partial charge in [0, 0.05) is 22.5 Å². The summed E-state index contributed by atoms with van der Waals surface area (Å²) in [5.74, 6) is -1.09. The minimum Gasteiger partial charge on any atom is -0.487 e. The lowest BCUT2D eigenvalue weighted by molar-refractivity contribution is -0.136. The van der Waals surface area contributed by atoms with Crippen molar-refractivity contribution in [3.8, 4) is 5.75 Å². The zero-order chi connectivity index (χ0) is 24.7. The summed E-state index contributed by atoms with van der Waals surface area (Å²) in [6.07, 6.45) is 2.63. The molecule has 0 saturated carbocycles. The Morgan fingerprint density at radius 1 is 1.15 bits per heavy atom. The number of rotatable bonds is 12. The minimum atomic E-state index is -0.870. The third kappa shape index (κ3) is 7.13. The van der Waals surface area contributed by atoms with Gasteiger partial charge in [-0.15, -0.1) is 11.3 Å². The number of halogens is 2. The molecule has 0 aliphatic carbocycles. The lowest BCUT2D eigenvalue weighted by atomic mass is 9.94. The quantitative estimate of drug-likeness (QED) is 0.271. The van der Waals surface area contributed by atoms with Crippen molar-refractivity contribution >= 4 is 52.0 Å². The van der Waals surface area contributed by atoms with Gasteiger partial charge >= 0.3 is 5.97 Å². The van der Waals surface area contributed by atoms with Crippen LogP contribution in [-0.4, -0.2) is 27.6 Å². The van der Waals surface area contributed by atoms with Crippen LogP contribution in [0.4, 0.5) is 0 Å². The lowest BCUT2D eigenvalue weighted by Gasteiger charge is -2.13. The van der Waals surface area contributed by atoms with E-state index in [1.54, 1.807) is 36.5 Å². The van der Waals surface area contributed by atoms with Crippen LogP contribution >= 0.6 is 34.5 Å². The molecule has 0 aliphatic rings. The number of aryl methyl sites for hydroxylation is 1. The number of ketones is 1. The fourth-order valence-corrected chi connectivity index (χ4v) is 4.81. The number of carboxylic acids is 1. The first-order chi connectivity index (χ1) is 16.3. The number of benzene rings is 2. The Balaban J connectivity index is 1.61. The number of aromatic nitrogens is 1. The molecule has 2 aromatic carbocycles. The SMILES string of the molecule is CCC(C(=N)C(=O)Cc1ccc(OCc2ccc(Cl)cc2)c(Cl)c1)c1ncc(CCC(=O)O)s1. The molecule has 0 aliphatic heterocycles. The zero-order valence-corrected chi connectivity index (χ0v) is 20.8. The van der Waals surface area contributed by atoms with Crippen molar-refractivity contribution in [2.45, 2.75) is 45.1 Å². The van der Waals surface area contributed by atoms with Crippen LogP contribution in [0.3, 0.4) is 0 Å². The van der Waals surface area contributed by atoms with Crippen LogP contribution in [0.15, 0.2) is 48.7 Å². The molecule has 3 rings (SSSR count). The molecule has 0 saturated heterocycles. The number of hydrogen-bond acceptors (Lipinski definition) is 6. The predicted molar refractivity (Wildman–Crippen MR) is 135 cm³/mol. The van der Waals surface area contributed by atoms with Crippen molar-refractivity contribution < 1.29 is 19.4 Å². The number of carboxylic acid groups (broad SMARTS) is 1. The Kier molecular flexibility index (Phi) is 9.21. The smallest absolute Gasteiger partial charge is 0.303 e. The van der Waals surface area contributed by atoms with Crippen molar-refractivity contribution in [3.63, 3.8) is 0 Å². The molecule has 9 heteroatoms. The van der Waals surface area contributed by atoms with E-state index < -0.39 is 11.9 Å². The summed E-state index contributed by atoms with van der Waals surface area (Å²) < 4.78 is 5.77. The summed E-state index contributed by atoms with van der Waals surface area (Å²) in [5.41, 5.74) is 1.63. The Morgan fingerprint density at radius 2 is 1.85 bits per heavy atom. The molecule has 34 heavy (non-hydrogen) atoms. The lowest BCUT2D eigenvalue weighted by Crippen LogP contribution is -2.23. The van der Waals surface area contributed by atoms with Gasteiger partial charge in [-0.2, -0.15) is 0 Å². The van der Waals surface area contributed by atoms with Gasteiger partial charge in [-0.05, 0) is 48.2 Å². The van der Waals surface area contributed by atoms with Crippen molar-refractivity contribution in [2.75, 3.05) is 0 Å². The highest BCUT2D eigenvalue weighted by atomic mass is 35.5. The number of carbonyl (C=O) groups is 2. The first kappa shape index (κ1) is 25.9. The van der Waals surface area contributed by atoms with Crippen LogP contribution in [0.5, 0.6) is 5.75 Å². The summed E-state index contributed by atoms with van der Waals surface area (Å²) in [5, 5.41) is 19.0. The van der Waals surface area contributed by atoms with Crippen molar-refractivity contribution in [1.29, 1.82) is 5.41 Å². The second kappa shape index (κ2) is 12.1. The van der Waals surface area contributed by atoms with E-state index in [1.807, 2.05) is 19.1 Å². The molecule has 0 radical (unpaired) electrons. The normalized spacial score (nSPS) is 11.7. The molecule has 0 amide bonds. The van der Waals surface area contributed by atoms with Gasteiger partial charge < -0.3 is 15.3 Å². The average Bonchev–Trinajstić information content (AvgIpc) is 3.27. The molecule has 0 spiro atoms. The van der Waals surface area contributed by atoms with Crippen LogP contribution in [0.2, 0.25) is 10.0 Å². The molecule has 1 atom stereocenters. The molecular weight excluding hydrogens is 495 g/mol. The van der Waals surface area contributed by atoms with Gasteiger partial charge in [0.05, 0.1) is 23.1 Å². The maximum atomic E-state index is 12.8. The van der Waals surface area contributed by atoms with Crippen LogP contribution in [0, 0.1) is 5.41 Å². The van der Waals surface area contributed by atoms with Gasteiger partial charge in [0.1, 0.15) is 17.4 Å². The second-order valence-electron chi connectivity index (χ2n) is 7.71. The molecule has 1 aromatic heterocycles. The molecule has 2 N–H and O–H groups in total. The molecule has 178 valence electrons. The van der Waals surface area contributed by atoms with E-state index in [-0.39, 0.29) is 24.3 Å². The molecule has 3 aromatic rings. The summed E-state index contributed by atoms with van der Waals surface area (Å²) in [6.45, 7) is 2.23. The number of ether oxygens (including phenoxy) is 1. The Hall–Kier alpha value is -2.74. The van der Waals surface area contributed by atoms with Gasteiger partial charge in [-0.3, -0.25) is 9.59 Å². The van der Waals surface area contributed by atoms with Crippen LogP contribution < -0.4 is 4.74 Å². The number of Topliss-reactive ketones (excluding diaryl/α,β-unsaturated/α-hetero) is 1. The topological polar surface area (TPSA) is 100 Å². The largest absolute Gasteiger partial charge is 0.487 e. The molecular formula is C25H24Cl2N2O4S. The summed E-state index contributed by atoms with van der Waals surface area (Å²) >= 11 is 13.6. The van der Waals surface area contributed by atoms with E-state index in [9.17, 15) is 9.59 Å². The standard InChI is InChI=1S/C25H24Cl2N2O4S/c1-2-19(25-29-13-18(34-25)8-10-23(31)32)24(28)21(30)12-16-5-9-22(20(27)11-16)33-14-15-3-6-17(26)7-4-15/h3-7,9,11,13,19,28H,2,8,10,12,14H2,1H3,(H,31,32). The molecule has 0 fully saturated rings. The number of hydrogen-bond donors (Lipinski definition) is 2. The van der Waals surface area contributed by atoms with Crippen molar-refractivity contribution in [1.82, 2.24) is 4.98 Å². The Bertz CT molecular complexity index is 1180. The van der Waals surface area contributed by atoms with E-state index in [1.165, 1.54) is 11.3 Å². The monoisotopic (exact) mass is 518 g/mol. The van der Waals surface area contributed by atoms with E-state index in [0.29, 0.717) is 45.8 Å². The molecule has 0 bridgehead atoms. The van der Waals surface area contributed by atoms with Gasteiger partial charge in [0.25, 0.3) is 0 Å². The first-order valence-corrected chi connectivity index (χ1v) is 12.3. The number of nitrogens with zero attached hydrogens (tertiary/aromatic N) is 1. The maximum absolute atomic E-state index is 12.8. The third-order valence-corrected chi connectivity index (χ3v) is 6.90. The van der Waals surface area contributed by atoms with Crippen LogP contribution in [-0.2, 0) is 29.0 Å². The van der Waals surface area contributed by atoms with E-state index in [0.717, 1.165) is 10.4 Å². The molecule has 1 unspecified atom stereocenters. The average molecular weight is 519 g/mol. The number of nitrogens with one attached hydrogen (secondary N) is 1. The van der Waals surface area contributed by atoms with Gasteiger partial charge in [0.15, 0.2) is 5.78 Å². The molecule has 6 nitrogen and oxygen atoms in total. The Labute approximate surface area is 212 Å². The number of thiazole rings is 1. The van der Waals surface area contributed by atoms with E-state index in [4.69, 9.17) is 38.5 Å². The maximum Gasteiger partial charge on any atom is 0.303 e. The summed E-state index contributed by atoms with van der Waals surface area (Å²) in [7, 11) is 0. The Morgan fingerprint density at radius 3 is 2.50 bits per heavy atom. The molecule has 1 heterocycles. The number of aliphatic carboxylic acids is 1.